The smallest absolute Gasteiger partial charge is 0.202 e. The summed E-state index contributed by atoms with van der Waals surface area (Å²) < 4.78 is 16.3. The van der Waals surface area contributed by atoms with Gasteiger partial charge in [0.15, 0.2) is 12.2 Å². The molecule has 0 aliphatic carbocycles. The third kappa shape index (κ3) is 2.29. The van der Waals surface area contributed by atoms with Crippen LogP contribution in [0, 0.1) is 0 Å². The number of benzene rings is 2. The van der Waals surface area contributed by atoms with Crippen LogP contribution < -0.4 is 14.2 Å². The molecule has 1 N–H and O–H groups in total. The van der Waals surface area contributed by atoms with E-state index in [2.05, 4.69) is 0 Å². The van der Waals surface area contributed by atoms with Crippen LogP contribution in [-0.4, -0.2) is 31.2 Å². The van der Waals surface area contributed by atoms with Crippen LogP contribution in [0.1, 0.15) is 22.0 Å². The molecule has 5 nitrogen and oxygen atoms in total. The van der Waals surface area contributed by atoms with Crippen LogP contribution in [0.2, 0.25) is 0 Å². The summed E-state index contributed by atoms with van der Waals surface area (Å²) in [5.74, 6) is 0.770. The van der Waals surface area contributed by atoms with E-state index in [0.29, 0.717) is 17.2 Å². The third-order valence-electron chi connectivity index (χ3n) is 3.68. The predicted octanol–water partition coefficient (Wildman–Crippen LogP) is 2.38. The van der Waals surface area contributed by atoms with Crippen molar-refractivity contribution in [3.05, 3.63) is 53.6 Å². The lowest BCUT2D eigenvalue weighted by Gasteiger charge is -2.30. The second-order valence-electron chi connectivity index (χ2n) is 4.96. The standard InChI is InChI=1S/C17H16O5/c1-20-11-8-12(21-2)14-13(9-11)22-17(16(19)15(14)18)10-6-4-3-5-7-10/h3-9,16-17,19H,1-2H3/t16-,17+/m1/s1. The van der Waals surface area contributed by atoms with Crippen molar-refractivity contribution in [3.8, 4) is 17.2 Å². The second kappa shape index (κ2) is 5.69. The zero-order valence-corrected chi connectivity index (χ0v) is 12.3. The Labute approximate surface area is 128 Å². The predicted molar refractivity (Wildman–Crippen MR) is 79.7 cm³/mol. The molecule has 0 unspecified atom stereocenters. The summed E-state index contributed by atoms with van der Waals surface area (Å²) in [5.41, 5.74) is 0.971. The zero-order chi connectivity index (χ0) is 15.7. The number of ether oxygens (including phenoxy) is 3. The molecular weight excluding hydrogens is 284 g/mol. The van der Waals surface area contributed by atoms with E-state index in [-0.39, 0.29) is 5.56 Å². The van der Waals surface area contributed by atoms with Crippen molar-refractivity contribution < 1.29 is 24.1 Å². The number of aliphatic hydroxyl groups is 1. The Kier molecular flexibility index (Phi) is 3.73. The molecule has 1 aliphatic rings. The molecule has 0 bridgehead atoms. The average Bonchev–Trinajstić information content (AvgIpc) is 2.57. The van der Waals surface area contributed by atoms with Crippen molar-refractivity contribution in [2.45, 2.75) is 12.2 Å². The van der Waals surface area contributed by atoms with Crippen LogP contribution in [0.15, 0.2) is 42.5 Å². The largest absolute Gasteiger partial charge is 0.496 e. The first-order chi connectivity index (χ1) is 10.7. The summed E-state index contributed by atoms with van der Waals surface area (Å²) >= 11 is 0. The Balaban J connectivity index is 2.10. The first kappa shape index (κ1) is 14.4. The number of hydrogen-bond acceptors (Lipinski definition) is 5. The molecule has 22 heavy (non-hydrogen) atoms. The van der Waals surface area contributed by atoms with Crippen LogP contribution in [0.5, 0.6) is 17.2 Å². The van der Waals surface area contributed by atoms with E-state index in [1.165, 1.54) is 14.2 Å². The molecule has 0 saturated heterocycles. The molecule has 2 aromatic carbocycles. The fourth-order valence-electron chi connectivity index (χ4n) is 2.56. The summed E-state index contributed by atoms with van der Waals surface area (Å²) in [4.78, 5) is 12.5. The Morgan fingerprint density at radius 1 is 1.09 bits per heavy atom. The molecule has 2 atom stereocenters. The molecular formula is C17H16O5. The van der Waals surface area contributed by atoms with Gasteiger partial charge in [-0.1, -0.05) is 30.3 Å². The Bertz CT molecular complexity index is 696. The fraction of sp³-hybridized carbons (Fsp3) is 0.235. The molecule has 2 aromatic rings. The lowest BCUT2D eigenvalue weighted by atomic mass is 9.93. The first-order valence-electron chi connectivity index (χ1n) is 6.85. The van der Waals surface area contributed by atoms with Gasteiger partial charge in [0, 0.05) is 12.1 Å². The van der Waals surface area contributed by atoms with E-state index in [1.807, 2.05) is 30.3 Å². The van der Waals surface area contributed by atoms with E-state index in [4.69, 9.17) is 14.2 Å². The maximum Gasteiger partial charge on any atom is 0.202 e. The molecule has 0 radical (unpaired) electrons. The van der Waals surface area contributed by atoms with Gasteiger partial charge in [-0.05, 0) is 5.56 Å². The van der Waals surface area contributed by atoms with Crippen molar-refractivity contribution in [3.63, 3.8) is 0 Å². The van der Waals surface area contributed by atoms with Crippen molar-refractivity contribution in [1.29, 1.82) is 0 Å². The highest BCUT2D eigenvalue weighted by molar-refractivity contribution is 6.05. The first-order valence-corrected chi connectivity index (χ1v) is 6.85. The summed E-state index contributed by atoms with van der Waals surface area (Å²) in [6.07, 6.45) is -2.03. The van der Waals surface area contributed by atoms with Crippen LogP contribution in [-0.2, 0) is 0 Å². The van der Waals surface area contributed by atoms with Gasteiger partial charge in [0.1, 0.15) is 22.8 Å². The van der Waals surface area contributed by atoms with Gasteiger partial charge in [0.25, 0.3) is 0 Å². The van der Waals surface area contributed by atoms with Crippen molar-refractivity contribution >= 4 is 5.78 Å². The van der Waals surface area contributed by atoms with E-state index in [9.17, 15) is 9.90 Å². The van der Waals surface area contributed by atoms with E-state index in [0.717, 1.165) is 5.56 Å². The molecule has 0 aromatic heterocycles. The van der Waals surface area contributed by atoms with Crippen LogP contribution in [0.4, 0.5) is 0 Å². The van der Waals surface area contributed by atoms with E-state index >= 15 is 0 Å². The lowest BCUT2D eigenvalue weighted by molar-refractivity contribution is 0.0210. The van der Waals surface area contributed by atoms with Gasteiger partial charge in [-0.2, -0.15) is 0 Å². The zero-order valence-electron chi connectivity index (χ0n) is 12.3. The van der Waals surface area contributed by atoms with Crippen molar-refractivity contribution in [2.24, 2.45) is 0 Å². The maximum atomic E-state index is 12.5. The quantitative estimate of drug-likeness (QED) is 0.943. The van der Waals surface area contributed by atoms with E-state index in [1.54, 1.807) is 12.1 Å². The van der Waals surface area contributed by atoms with Gasteiger partial charge < -0.3 is 19.3 Å². The highest BCUT2D eigenvalue weighted by atomic mass is 16.5. The van der Waals surface area contributed by atoms with Crippen molar-refractivity contribution in [2.75, 3.05) is 14.2 Å². The van der Waals surface area contributed by atoms with Gasteiger partial charge in [-0.15, -0.1) is 0 Å². The van der Waals surface area contributed by atoms with Gasteiger partial charge in [-0.25, -0.2) is 0 Å². The van der Waals surface area contributed by atoms with Gasteiger partial charge in [0.05, 0.1) is 14.2 Å². The molecule has 0 spiro atoms. The average molecular weight is 300 g/mol. The Morgan fingerprint density at radius 3 is 2.45 bits per heavy atom. The molecule has 1 heterocycles. The van der Waals surface area contributed by atoms with Gasteiger partial charge in [0.2, 0.25) is 5.78 Å². The topological polar surface area (TPSA) is 65.0 Å². The van der Waals surface area contributed by atoms with Crippen LogP contribution in [0.3, 0.4) is 0 Å². The minimum Gasteiger partial charge on any atom is -0.496 e. The highest BCUT2D eigenvalue weighted by Crippen LogP contribution is 2.42. The van der Waals surface area contributed by atoms with Gasteiger partial charge in [-0.3, -0.25) is 4.79 Å². The molecule has 0 amide bonds. The number of carbonyl (C=O) groups excluding carboxylic acids is 1. The minimum atomic E-state index is -1.28. The number of methoxy groups -OCH3 is 2. The number of fused-ring (bicyclic) bond motifs is 1. The summed E-state index contributed by atoms with van der Waals surface area (Å²) in [5, 5.41) is 10.3. The Morgan fingerprint density at radius 2 is 1.82 bits per heavy atom. The molecule has 114 valence electrons. The number of aliphatic hydroxyl groups excluding tert-OH is 1. The SMILES string of the molecule is COc1cc(OC)c2c(c1)O[C@@H](c1ccccc1)[C@H](O)C2=O. The normalized spacial score (nSPS) is 20.0. The molecule has 0 fully saturated rings. The number of carbonyl (C=O) groups is 1. The third-order valence-corrected chi connectivity index (χ3v) is 3.68. The monoisotopic (exact) mass is 300 g/mol. The summed E-state index contributed by atoms with van der Waals surface area (Å²) in [7, 11) is 2.98. The number of hydrogen-bond donors (Lipinski definition) is 1. The summed E-state index contributed by atoms with van der Waals surface area (Å²) in [6.45, 7) is 0. The van der Waals surface area contributed by atoms with Crippen LogP contribution in [0.25, 0.3) is 0 Å². The summed E-state index contributed by atoms with van der Waals surface area (Å²) in [6, 6.07) is 12.4. The highest BCUT2D eigenvalue weighted by Gasteiger charge is 2.39. The van der Waals surface area contributed by atoms with E-state index < -0.39 is 18.0 Å². The molecule has 3 rings (SSSR count). The lowest BCUT2D eigenvalue weighted by Crippen LogP contribution is -2.36. The minimum absolute atomic E-state index is 0.239. The number of Topliss-reactive ketones (excluding diaryl/α,β-unsaturated/α-hetero) is 1. The van der Waals surface area contributed by atoms with Crippen molar-refractivity contribution in [1.82, 2.24) is 0 Å². The molecule has 1 aliphatic heterocycles. The van der Waals surface area contributed by atoms with Crippen LogP contribution >= 0.6 is 0 Å². The fourth-order valence-corrected chi connectivity index (χ4v) is 2.56. The maximum absolute atomic E-state index is 12.5. The number of rotatable bonds is 3. The molecule has 0 saturated carbocycles. The second-order valence-corrected chi connectivity index (χ2v) is 4.96. The Hall–Kier alpha value is -2.53. The van der Waals surface area contributed by atoms with Gasteiger partial charge >= 0.3 is 0 Å². The molecule has 5 heteroatoms. The number of ketones is 1.